The minimum Gasteiger partial charge on any atom is -0.356 e. The van der Waals surface area contributed by atoms with Gasteiger partial charge < -0.3 is 15.0 Å². The van der Waals surface area contributed by atoms with Crippen LogP contribution in [0.2, 0.25) is 0 Å². The maximum atomic E-state index is 13.2. The van der Waals surface area contributed by atoms with Crippen LogP contribution < -0.4 is 5.32 Å². The normalized spacial score (nSPS) is 25.6. The van der Waals surface area contributed by atoms with Crippen molar-refractivity contribution in [2.45, 2.75) is 50.3 Å². The highest BCUT2D eigenvalue weighted by molar-refractivity contribution is 5.86. The van der Waals surface area contributed by atoms with Crippen LogP contribution in [0.3, 0.4) is 0 Å². The van der Waals surface area contributed by atoms with Crippen molar-refractivity contribution < 1.29 is 18.7 Å². The van der Waals surface area contributed by atoms with Crippen molar-refractivity contribution in [1.29, 1.82) is 0 Å². The van der Waals surface area contributed by atoms with Crippen LogP contribution in [0.25, 0.3) is 0 Å². The summed E-state index contributed by atoms with van der Waals surface area (Å²) < 4.78 is 18.8. The molecule has 1 saturated carbocycles. The molecule has 1 aromatic carbocycles. The second-order valence-corrected chi connectivity index (χ2v) is 6.58. The molecule has 1 aliphatic carbocycles. The van der Waals surface area contributed by atoms with Gasteiger partial charge in [-0.1, -0.05) is 31.4 Å². The molecule has 1 aromatic rings. The van der Waals surface area contributed by atoms with E-state index in [9.17, 15) is 14.0 Å². The van der Waals surface area contributed by atoms with Crippen molar-refractivity contribution in [3.8, 4) is 0 Å². The van der Waals surface area contributed by atoms with Crippen LogP contribution in [0.15, 0.2) is 24.3 Å². The number of hydrogen-bond donors (Lipinski definition) is 1. The van der Waals surface area contributed by atoms with E-state index < -0.39 is 12.1 Å². The van der Waals surface area contributed by atoms with Gasteiger partial charge in [0.15, 0.2) is 6.10 Å². The highest BCUT2D eigenvalue weighted by atomic mass is 19.1. The Labute approximate surface area is 141 Å². The minimum absolute atomic E-state index is 0.114. The molecule has 1 N–H and O–H groups in total. The van der Waals surface area contributed by atoms with E-state index in [0.717, 1.165) is 25.7 Å². The monoisotopic (exact) mass is 334 g/mol. The first kappa shape index (κ1) is 16.9. The highest BCUT2D eigenvalue weighted by Crippen LogP contribution is 2.30. The van der Waals surface area contributed by atoms with Crippen molar-refractivity contribution >= 4 is 11.8 Å². The molecule has 2 aliphatic rings. The van der Waals surface area contributed by atoms with E-state index >= 15 is 0 Å². The zero-order valence-corrected chi connectivity index (χ0v) is 13.8. The molecule has 2 atom stereocenters. The molecule has 1 aliphatic heterocycles. The van der Waals surface area contributed by atoms with E-state index in [1.807, 2.05) is 0 Å². The molecule has 24 heavy (non-hydrogen) atoms. The lowest BCUT2D eigenvalue weighted by Crippen LogP contribution is -2.54. The lowest BCUT2D eigenvalue weighted by molar-refractivity contribution is -0.162. The quantitative estimate of drug-likeness (QED) is 0.922. The Morgan fingerprint density at radius 1 is 1.21 bits per heavy atom. The predicted molar refractivity (Wildman–Crippen MR) is 86.7 cm³/mol. The fraction of sp³-hybridized carbons (Fsp3) is 0.556. The summed E-state index contributed by atoms with van der Waals surface area (Å²) in [5.74, 6) is -0.741. The van der Waals surface area contributed by atoms with Crippen molar-refractivity contribution in [2.24, 2.45) is 0 Å². The minimum atomic E-state index is -0.778. The fourth-order valence-corrected chi connectivity index (χ4v) is 3.52. The number of nitrogens with one attached hydrogen (secondary N) is 1. The first-order valence-corrected chi connectivity index (χ1v) is 8.49. The molecule has 1 saturated heterocycles. The predicted octanol–water partition coefficient (Wildman–Crippen LogP) is 2.17. The fourth-order valence-electron chi connectivity index (χ4n) is 3.52. The highest BCUT2D eigenvalue weighted by Gasteiger charge is 2.40. The van der Waals surface area contributed by atoms with Crippen LogP contribution in [-0.4, -0.2) is 42.5 Å². The van der Waals surface area contributed by atoms with E-state index in [1.54, 1.807) is 19.2 Å². The van der Waals surface area contributed by atoms with Gasteiger partial charge in [-0.05, 0) is 30.5 Å². The van der Waals surface area contributed by atoms with Gasteiger partial charge in [0, 0.05) is 13.1 Å². The van der Waals surface area contributed by atoms with Crippen molar-refractivity contribution in [3.63, 3.8) is 0 Å². The summed E-state index contributed by atoms with van der Waals surface area (Å²) in [6.45, 7) is -0.114. The third-order valence-electron chi connectivity index (χ3n) is 4.91. The Bertz CT molecular complexity index is 599. The number of nitrogens with zero attached hydrogens (tertiary/aromatic N) is 1. The van der Waals surface area contributed by atoms with Crippen LogP contribution in [0.5, 0.6) is 0 Å². The molecule has 3 rings (SSSR count). The van der Waals surface area contributed by atoms with Crippen molar-refractivity contribution in [2.75, 3.05) is 13.7 Å². The molecule has 0 bridgehead atoms. The standard InChI is InChI=1S/C18H23FN2O3/c1-21-15(22)11-24-17(16(21)12-7-9-13(19)10-8-12)18(23)20-14-5-3-2-4-6-14/h7-10,14,16-17H,2-6,11H2,1H3,(H,20,23)/t16-,17-/m0/s1. The Morgan fingerprint density at radius 3 is 2.54 bits per heavy atom. The van der Waals surface area contributed by atoms with Gasteiger partial charge in [-0.15, -0.1) is 0 Å². The van der Waals surface area contributed by atoms with E-state index in [4.69, 9.17) is 4.74 Å². The maximum absolute atomic E-state index is 13.2. The number of ether oxygens (including phenoxy) is 1. The second kappa shape index (κ2) is 7.30. The number of amides is 2. The molecule has 5 nitrogen and oxygen atoms in total. The molecule has 2 amide bonds. The summed E-state index contributed by atoms with van der Waals surface area (Å²) in [4.78, 5) is 26.2. The average Bonchev–Trinajstić information content (AvgIpc) is 2.59. The number of rotatable bonds is 3. The van der Waals surface area contributed by atoms with Crippen LogP contribution in [0.4, 0.5) is 4.39 Å². The number of morpholine rings is 1. The van der Waals surface area contributed by atoms with E-state index in [-0.39, 0.29) is 30.3 Å². The summed E-state index contributed by atoms with van der Waals surface area (Å²) >= 11 is 0. The third kappa shape index (κ3) is 3.59. The average molecular weight is 334 g/mol. The molecule has 6 heteroatoms. The smallest absolute Gasteiger partial charge is 0.251 e. The maximum Gasteiger partial charge on any atom is 0.251 e. The lowest BCUT2D eigenvalue weighted by atomic mass is 9.94. The molecule has 0 spiro atoms. The van der Waals surface area contributed by atoms with Gasteiger partial charge in [-0.2, -0.15) is 0 Å². The van der Waals surface area contributed by atoms with Gasteiger partial charge in [0.25, 0.3) is 5.91 Å². The first-order valence-electron chi connectivity index (χ1n) is 8.49. The summed E-state index contributed by atoms with van der Waals surface area (Å²) in [6, 6.07) is 5.48. The Kier molecular flexibility index (Phi) is 5.14. The zero-order valence-electron chi connectivity index (χ0n) is 13.8. The molecule has 2 fully saturated rings. The molecule has 0 aromatic heterocycles. The molecular formula is C18H23FN2O3. The summed E-state index contributed by atoms with van der Waals surface area (Å²) in [5.41, 5.74) is 0.691. The Morgan fingerprint density at radius 2 is 1.88 bits per heavy atom. The number of benzene rings is 1. The summed E-state index contributed by atoms with van der Waals surface area (Å²) in [5, 5.41) is 3.06. The first-order chi connectivity index (χ1) is 11.6. The van der Waals surface area contributed by atoms with Crippen LogP contribution in [0, 0.1) is 5.82 Å². The zero-order chi connectivity index (χ0) is 17.1. The molecule has 130 valence electrons. The van der Waals surface area contributed by atoms with E-state index in [0.29, 0.717) is 5.56 Å². The number of carbonyl (C=O) groups is 2. The number of carbonyl (C=O) groups excluding carboxylic acids is 2. The SMILES string of the molecule is CN1C(=O)CO[C@H](C(=O)NC2CCCCC2)[C@@H]1c1ccc(F)cc1. The summed E-state index contributed by atoms with van der Waals surface area (Å²) in [6.07, 6.45) is 4.64. The van der Waals surface area contributed by atoms with E-state index in [1.165, 1.54) is 23.5 Å². The van der Waals surface area contributed by atoms with Crippen LogP contribution in [0.1, 0.15) is 43.7 Å². The van der Waals surface area contributed by atoms with Gasteiger partial charge in [0.2, 0.25) is 5.91 Å². The van der Waals surface area contributed by atoms with Gasteiger partial charge in [-0.25, -0.2) is 4.39 Å². The van der Waals surface area contributed by atoms with E-state index in [2.05, 4.69) is 5.32 Å². The number of likely N-dealkylation sites (N-methyl/N-ethyl adjacent to an activating group) is 1. The van der Waals surface area contributed by atoms with Crippen molar-refractivity contribution in [3.05, 3.63) is 35.6 Å². The van der Waals surface area contributed by atoms with Crippen molar-refractivity contribution in [1.82, 2.24) is 10.2 Å². The molecule has 0 radical (unpaired) electrons. The van der Waals surface area contributed by atoms with Gasteiger partial charge >= 0.3 is 0 Å². The summed E-state index contributed by atoms with van der Waals surface area (Å²) in [7, 11) is 1.65. The lowest BCUT2D eigenvalue weighted by Gasteiger charge is -2.39. The molecule has 0 unspecified atom stereocenters. The topological polar surface area (TPSA) is 58.6 Å². The van der Waals surface area contributed by atoms with Gasteiger partial charge in [-0.3, -0.25) is 9.59 Å². The third-order valence-corrected chi connectivity index (χ3v) is 4.91. The Hall–Kier alpha value is -1.95. The van der Waals surface area contributed by atoms with Crippen LogP contribution >= 0.6 is 0 Å². The van der Waals surface area contributed by atoms with Crippen LogP contribution in [-0.2, 0) is 14.3 Å². The second-order valence-electron chi connectivity index (χ2n) is 6.58. The van der Waals surface area contributed by atoms with Gasteiger partial charge in [0.05, 0.1) is 6.04 Å². The molecular weight excluding hydrogens is 311 g/mol. The van der Waals surface area contributed by atoms with Gasteiger partial charge in [0.1, 0.15) is 12.4 Å². The largest absolute Gasteiger partial charge is 0.356 e. The number of halogens is 1. The Balaban J connectivity index is 1.79. The number of hydrogen-bond acceptors (Lipinski definition) is 3. The molecule has 1 heterocycles.